The lowest BCUT2D eigenvalue weighted by Gasteiger charge is -2.40. The molecule has 4 saturated heterocycles. The molecule has 2 aromatic heterocycles. The zero-order valence-corrected chi connectivity index (χ0v) is 33.8. The van der Waals surface area contributed by atoms with Crippen LogP contribution < -0.4 is 19.9 Å². The van der Waals surface area contributed by atoms with Gasteiger partial charge >= 0.3 is 0 Å². The van der Waals surface area contributed by atoms with Crippen molar-refractivity contribution in [1.29, 1.82) is 0 Å². The lowest BCUT2D eigenvalue weighted by molar-refractivity contribution is -0.136. The van der Waals surface area contributed by atoms with E-state index in [1.807, 2.05) is 44.2 Å². The van der Waals surface area contributed by atoms with Gasteiger partial charge in [-0.25, -0.2) is 9.97 Å². The maximum atomic E-state index is 13.4. The number of carbonyl (C=O) groups is 4. The van der Waals surface area contributed by atoms with Crippen molar-refractivity contribution in [3.05, 3.63) is 59.9 Å². The number of H-pyrrole nitrogens is 1. The van der Waals surface area contributed by atoms with E-state index in [2.05, 4.69) is 45.1 Å². The number of amides is 4. The third-order valence-electron chi connectivity index (χ3n) is 12.4. The Bertz CT molecular complexity index is 2230. The maximum Gasteiger partial charge on any atom is 0.262 e. The minimum Gasteiger partial charge on any atom is -0.491 e. The first kappa shape index (κ1) is 39.0. The molecular formula is C43H52N10O6. The number of aromatic nitrogens is 4. The number of hydrogen-bond acceptors (Lipinski definition) is 13. The number of anilines is 2. The molecule has 0 radical (unpaired) electrons. The van der Waals surface area contributed by atoms with Gasteiger partial charge in [0.15, 0.2) is 0 Å². The summed E-state index contributed by atoms with van der Waals surface area (Å²) in [6.45, 7) is 14.3. The van der Waals surface area contributed by atoms with E-state index in [0.29, 0.717) is 23.7 Å². The van der Waals surface area contributed by atoms with Crippen molar-refractivity contribution in [2.75, 3.05) is 81.9 Å². The number of ether oxygens (including phenoxy) is 2. The van der Waals surface area contributed by atoms with Crippen LogP contribution in [0.3, 0.4) is 0 Å². The molecule has 0 spiro atoms. The number of imide groups is 2. The summed E-state index contributed by atoms with van der Waals surface area (Å²) in [5.41, 5.74) is 4.05. The number of carbonyl (C=O) groups excluding carboxylic acids is 4. The molecule has 5 aliphatic heterocycles. The summed E-state index contributed by atoms with van der Waals surface area (Å²) in [4.78, 5) is 70.6. The van der Waals surface area contributed by atoms with Gasteiger partial charge in [0.05, 0.1) is 41.2 Å². The highest BCUT2D eigenvalue weighted by Gasteiger charge is 2.45. The Morgan fingerprint density at radius 2 is 1.64 bits per heavy atom. The van der Waals surface area contributed by atoms with Gasteiger partial charge in [0, 0.05) is 89.0 Å². The monoisotopic (exact) mass is 804 g/mol. The second-order valence-electron chi connectivity index (χ2n) is 16.7. The van der Waals surface area contributed by atoms with E-state index in [9.17, 15) is 19.2 Å². The Labute approximate surface area is 343 Å². The molecule has 4 aromatic rings. The molecule has 7 heterocycles. The van der Waals surface area contributed by atoms with E-state index in [1.54, 1.807) is 18.5 Å². The Morgan fingerprint density at radius 3 is 2.44 bits per heavy atom. The highest BCUT2D eigenvalue weighted by molar-refractivity contribution is 6.23. The zero-order chi connectivity index (χ0) is 40.6. The normalized spacial score (nSPS) is 22.5. The number of fused-ring (bicyclic) bond motifs is 2. The second kappa shape index (κ2) is 16.7. The molecule has 4 fully saturated rings. The minimum atomic E-state index is -0.958. The summed E-state index contributed by atoms with van der Waals surface area (Å²) in [5, 5.41) is 10.9. The van der Waals surface area contributed by atoms with Crippen LogP contribution in [0.15, 0.2) is 48.8 Å². The van der Waals surface area contributed by atoms with Gasteiger partial charge in [-0.15, -0.1) is 0 Å². The number of rotatable bonds is 11. The van der Waals surface area contributed by atoms with Crippen molar-refractivity contribution in [2.45, 2.75) is 64.2 Å². The molecule has 310 valence electrons. The van der Waals surface area contributed by atoms with Crippen molar-refractivity contribution < 1.29 is 28.7 Å². The van der Waals surface area contributed by atoms with E-state index in [0.717, 1.165) is 129 Å². The Balaban J connectivity index is 0.719. The fourth-order valence-corrected chi connectivity index (χ4v) is 9.20. The molecule has 9 rings (SSSR count). The molecule has 2 aromatic carbocycles. The van der Waals surface area contributed by atoms with Gasteiger partial charge < -0.3 is 29.1 Å². The molecule has 2 N–H and O–H groups in total. The predicted octanol–water partition coefficient (Wildman–Crippen LogP) is 3.34. The summed E-state index contributed by atoms with van der Waals surface area (Å²) in [6.07, 6.45) is 5.16. The van der Waals surface area contributed by atoms with Crippen LogP contribution in [-0.2, 0) is 14.3 Å². The molecule has 59 heavy (non-hydrogen) atoms. The van der Waals surface area contributed by atoms with Crippen LogP contribution in [0.1, 0.15) is 66.7 Å². The molecule has 5 aliphatic rings. The standard InChI is InChI=1S/C43H52N10O6/c1-27(2)59-30-4-6-35-34(22-30)40(48-47-35)36-23-38(45-26-44-36)52-19-20-58-31(25-52)11-12-49-15-17-50(18-16-49)24-28-9-13-51(14-10-28)29-3-5-32-33(21-29)43(57)53(42(32)56)37-7-8-39(54)46-41(37)55/h3-6,21-23,26-28,31,37H,7-20,24-25H2,1-2H3,(H,47,48)(H,46,54,55). The number of benzene rings is 2. The minimum absolute atomic E-state index is 0.0798. The van der Waals surface area contributed by atoms with E-state index >= 15 is 0 Å². The maximum absolute atomic E-state index is 13.4. The molecule has 16 heteroatoms. The van der Waals surface area contributed by atoms with Crippen LogP contribution >= 0.6 is 0 Å². The summed E-state index contributed by atoms with van der Waals surface area (Å²) < 4.78 is 12.2. The molecule has 16 nitrogen and oxygen atoms in total. The van der Waals surface area contributed by atoms with Gasteiger partial charge in [-0.3, -0.25) is 34.5 Å². The Hall–Kier alpha value is -5.45. The summed E-state index contributed by atoms with van der Waals surface area (Å²) in [6, 6.07) is 12.4. The average molecular weight is 805 g/mol. The van der Waals surface area contributed by atoms with Gasteiger partial charge in [0.1, 0.15) is 29.6 Å². The fourth-order valence-electron chi connectivity index (χ4n) is 9.20. The van der Waals surface area contributed by atoms with Gasteiger partial charge in [-0.05, 0) is 81.8 Å². The summed E-state index contributed by atoms with van der Waals surface area (Å²) in [5.74, 6) is 0.373. The van der Waals surface area contributed by atoms with Gasteiger partial charge in [-0.2, -0.15) is 5.10 Å². The summed E-state index contributed by atoms with van der Waals surface area (Å²) >= 11 is 0. The first-order valence-electron chi connectivity index (χ1n) is 21.1. The third kappa shape index (κ3) is 8.25. The van der Waals surface area contributed by atoms with Gasteiger partial charge in [0.2, 0.25) is 11.8 Å². The lowest BCUT2D eigenvalue weighted by Crippen LogP contribution is -2.54. The Kier molecular flexibility index (Phi) is 11.0. The van der Waals surface area contributed by atoms with Crippen LogP contribution in [-0.4, -0.2) is 149 Å². The first-order valence-corrected chi connectivity index (χ1v) is 21.1. The molecule has 4 amide bonds. The van der Waals surface area contributed by atoms with Crippen molar-refractivity contribution in [3.63, 3.8) is 0 Å². The van der Waals surface area contributed by atoms with E-state index in [4.69, 9.17) is 9.47 Å². The number of piperidine rings is 2. The highest BCUT2D eigenvalue weighted by atomic mass is 16.5. The highest BCUT2D eigenvalue weighted by Crippen LogP contribution is 2.33. The molecular weight excluding hydrogens is 753 g/mol. The van der Waals surface area contributed by atoms with Crippen LogP contribution in [0, 0.1) is 5.92 Å². The zero-order valence-electron chi connectivity index (χ0n) is 33.8. The number of nitrogens with zero attached hydrogens (tertiary/aromatic N) is 8. The quantitative estimate of drug-likeness (QED) is 0.212. The number of aromatic amines is 1. The van der Waals surface area contributed by atoms with Crippen molar-refractivity contribution in [1.82, 2.24) is 40.2 Å². The SMILES string of the molecule is CC(C)Oc1ccc2[nH]nc(-c3cc(N4CCOC(CCN5CCN(CC6CCN(c7ccc8c(c7)C(=O)N(C7CCC(=O)NC7=O)C8=O)CC6)CC5)C4)ncn3)c2c1. The van der Waals surface area contributed by atoms with Gasteiger partial charge in [-0.1, -0.05) is 0 Å². The van der Waals surface area contributed by atoms with E-state index in [-0.39, 0.29) is 31.0 Å². The topological polar surface area (TPSA) is 169 Å². The molecule has 0 aliphatic carbocycles. The lowest BCUT2D eigenvalue weighted by atomic mass is 9.95. The van der Waals surface area contributed by atoms with Crippen LogP contribution in [0.4, 0.5) is 11.5 Å². The predicted molar refractivity (Wildman–Crippen MR) is 220 cm³/mol. The number of hydrogen-bond donors (Lipinski definition) is 2. The van der Waals surface area contributed by atoms with Crippen LogP contribution in [0.25, 0.3) is 22.3 Å². The first-order chi connectivity index (χ1) is 28.7. The van der Waals surface area contributed by atoms with Crippen molar-refractivity contribution in [2.24, 2.45) is 5.92 Å². The number of morpholine rings is 1. The second-order valence-corrected chi connectivity index (χ2v) is 16.7. The summed E-state index contributed by atoms with van der Waals surface area (Å²) in [7, 11) is 0. The smallest absolute Gasteiger partial charge is 0.262 e. The molecule has 2 unspecified atom stereocenters. The van der Waals surface area contributed by atoms with Crippen molar-refractivity contribution >= 4 is 46.0 Å². The molecule has 2 atom stereocenters. The van der Waals surface area contributed by atoms with E-state index in [1.165, 1.54) is 0 Å². The van der Waals surface area contributed by atoms with Crippen LogP contribution in [0.5, 0.6) is 5.75 Å². The fraction of sp³-hybridized carbons (Fsp3) is 0.512. The van der Waals surface area contributed by atoms with Crippen molar-refractivity contribution in [3.8, 4) is 17.1 Å². The average Bonchev–Trinajstić information content (AvgIpc) is 3.78. The van der Waals surface area contributed by atoms with E-state index < -0.39 is 23.8 Å². The van der Waals surface area contributed by atoms with Gasteiger partial charge in [0.25, 0.3) is 11.8 Å². The Morgan fingerprint density at radius 1 is 0.847 bits per heavy atom. The largest absolute Gasteiger partial charge is 0.491 e. The molecule has 0 saturated carbocycles. The number of piperazine rings is 1. The third-order valence-corrected chi connectivity index (χ3v) is 12.4. The molecule has 0 bridgehead atoms. The number of nitrogens with one attached hydrogen (secondary N) is 2. The van der Waals surface area contributed by atoms with Crippen LogP contribution in [0.2, 0.25) is 0 Å².